The molecular weight excluding hydrogens is 881 g/mol. The van der Waals surface area contributed by atoms with E-state index < -0.39 is 35.2 Å². The molecule has 0 fully saturated rings. The fourth-order valence-electron chi connectivity index (χ4n) is 1.74. The van der Waals surface area contributed by atoms with Gasteiger partial charge in [0.2, 0.25) is 0 Å². The molecular formula is C27H50BrCl3KN2O15PS. The number of pyridine rings is 1. The minimum atomic E-state index is -4.67. The number of aromatic carboxylic acids is 1. The van der Waals surface area contributed by atoms with Crippen molar-refractivity contribution in [3.63, 3.8) is 0 Å². The second-order valence-corrected chi connectivity index (χ2v) is 12.0. The van der Waals surface area contributed by atoms with Gasteiger partial charge in [-0.1, -0.05) is 76.4 Å². The molecule has 24 heteroatoms. The Morgan fingerprint density at radius 3 is 1.45 bits per heavy atom. The Kier molecular flexibility index (Phi) is 73.4. The fourth-order valence-corrected chi connectivity index (χ4v) is 2.90. The van der Waals surface area contributed by atoms with Crippen molar-refractivity contribution in [3.8, 4) is 0 Å². The molecule has 2 aromatic rings. The van der Waals surface area contributed by atoms with Crippen LogP contribution in [0.4, 0.5) is 0 Å². The Balaban J connectivity index is -0.0000000584. The monoisotopic (exact) mass is 928 g/mol. The summed E-state index contributed by atoms with van der Waals surface area (Å²) in [6.07, 6.45) is 1.48. The molecule has 9 N–H and O–H groups in total. The summed E-state index contributed by atoms with van der Waals surface area (Å²) in [4.78, 5) is 33.2. The number of alkyl halides is 3. The van der Waals surface area contributed by atoms with E-state index in [4.69, 9.17) is 86.6 Å². The summed E-state index contributed by atoms with van der Waals surface area (Å²) in [6, 6.07) is 13.0. The Hall–Kier alpha value is -0.174. The first-order chi connectivity index (χ1) is 21.7. The molecule has 0 aliphatic rings. The summed E-state index contributed by atoms with van der Waals surface area (Å²) >= 11 is 17.7. The van der Waals surface area contributed by atoms with Crippen molar-refractivity contribution in [2.24, 2.45) is 5.73 Å². The standard InChI is InChI=1S/C7H7NO2.C6H5Br.C6H15O3P.C4H9NO2.C2H4O2.CHCl3.CH4.K.H2O4S.2H2O/c1-5-4-6(7(9)10)2-3-8-5;7-6-4-2-1-3-5-6;1-4-7-10(8-5-2)9-6-3;1-2-7-4(6)3-5;1-2(3)4;2-1(3)4;;;1-5(2,3)4;;/h2-4H,1H3,(H,9,10);1-5H;4-6H2,1-3H3;2-3,5H2,1H3;1H3,(H,3,4);1H;1H4;;(H2,1,2,3,4);2*1H2/q;;;;;;;+1;;;/p-1. The van der Waals surface area contributed by atoms with Gasteiger partial charge in [0.05, 0.1) is 38.5 Å². The van der Waals surface area contributed by atoms with E-state index in [1.807, 2.05) is 51.1 Å². The van der Waals surface area contributed by atoms with Crippen LogP contribution in [0.5, 0.6) is 0 Å². The number of benzene rings is 1. The van der Waals surface area contributed by atoms with Crippen LogP contribution < -0.4 is 57.1 Å². The predicted molar refractivity (Wildman–Crippen MR) is 199 cm³/mol. The number of nitrogens with zero attached hydrogens (tertiary/aromatic N) is 1. The first kappa shape index (κ1) is 72.1. The van der Waals surface area contributed by atoms with E-state index in [1.165, 1.54) is 18.3 Å². The first-order valence-electron chi connectivity index (χ1n) is 12.9. The van der Waals surface area contributed by atoms with Crippen molar-refractivity contribution in [2.45, 2.75) is 53.3 Å². The second-order valence-electron chi connectivity index (χ2n) is 6.99. The van der Waals surface area contributed by atoms with E-state index in [0.717, 1.165) is 17.1 Å². The number of ether oxygens (including phenoxy) is 1. The van der Waals surface area contributed by atoms with Crippen molar-refractivity contribution in [3.05, 3.63) is 64.4 Å². The fraction of sp³-hybridized carbons (Fsp3) is 0.481. The summed E-state index contributed by atoms with van der Waals surface area (Å²) in [6.45, 7) is 12.7. The first-order valence-corrected chi connectivity index (χ1v) is 17.5. The zero-order valence-electron chi connectivity index (χ0n) is 28.5. The number of aryl methyl sites for hydroxylation is 1. The van der Waals surface area contributed by atoms with Gasteiger partial charge in [-0.05, 0) is 58.9 Å². The zero-order chi connectivity index (χ0) is 37.8. The Morgan fingerprint density at radius 2 is 1.27 bits per heavy atom. The van der Waals surface area contributed by atoms with Crippen molar-refractivity contribution in [1.29, 1.82) is 0 Å². The molecule has 0 radical (unpaired) electrons. The van der Waals surface area contributed by atoms with E-state index in [0.29, 0.717) is 26.4 Å². The van der Waals surface area contributed by atoms with Gasteiger partial charge in [-0.15, -0.1) is 0 Å². The van der Waals surface area contributed by atoms with Gasteiger partial charge in [0.15, 0.2) is 4.30 Å². The predicted octanol–water partition coefficient (Wildman–Crippen LogP) is 3.43. The SMILES string of the molecule is Brc1ccccc1.C.CC(=O)O.CCOC(=O)CN.CCOP(OCC)OCC.Cc1cc(C(=O)O)ccn1.ClC(Cl)Cl.O.O=S(=O)(O)O.[K+].[OH-]. The Bertz CT molecular complexity index is 1130. The van der Waals surface area contributed by atoms with Gasteiger partial charge >= 0.3 is 82.3 Å². The molecule has 0 atom stereocenters. The molecule has 0 aliphatic carbocycles. The van der Waals surface area contributed by atoms with Gasteiger partial charge in [0, 0.05) is 23.3 Å². The number of carbonyl (C=O) groups excluding carboxylic acids is 1. The molecule has 298 valence electrons. The van der Waals surface area contributed by atoms with E-state index in [1.54, 1.807) is 13.8 Å². The third-order valence-electron chi connectivity index (χ3n) is 3.05. The molecule has 0 saturated heterocycles. The summed E-state index contributed by atoms with van der Waals surface area (Å²) in [5.41, 5.74) is 5.89. The number of carbonyl (C=O) groups is 3. The summed E-state index contributed by atoms with van der Waals surface area (Å²) in [5.74, 6) is -2.09. The molecule has 0 aliphatic heterocycles. The number of esters is 1. The van der Waals surface area contributed by atoms with Crippen LogP contribution in [-0.2, 0) is 38.3 Å². The average molecular weight is 931 g/mol. The second kappa shape index (κ2) is 51.9. The molecule has 1 heterocycles. The molecule has 0 bridgehead atoms. The van der Waals surface area contributed by atoms with Crippen LogP contribution in [0.15, 0.2) is 53.1 Å². The summed E-state index contributed by atoms with van der Waals surface area (Å²) in [5, 5.41) is 15.9. The maximum atomic E-state index is 10.3. The molecule has 1 aromatic heterocycles. The van der Waals surface area contributed by atoms with Crippen molar-refractivity contribution < 1.29 is 123 Å². The number of nitrogens with two attached hydrogens (primary N) is 1. The van der Waals surface area contributed by atoms with Crippen LogP contribution >= 0.6 is 59.3 Å². The van der Waals surface area contributed by atoms with Gasteiger partial charge in [0.25, 0.3) is 5.97 Å². The quantitative estimate of drug-likeness (QED) is 0.0791. The van der Waals surface area contributed by atoms with E-state index in [2.05, 4.69) is 25.7 Å². The number of carboxylic acids is 2. The molecule has 0 spiro atoms. The van der Waals surface area contributed by atoms with Crippen LogP contribution in [0.3, 0.4) is 0 Å². The average Bonchev–Trinajstić information content (AvgIpc) is 2.94. The van der Waals surface area contributed by atoms with Gasteiger partial charge in [-0.3, -0.25) is 23.7 Å². The Morgan fingerprint density at radius 1 is 0.922 bits per heavy atom. The minimum absolute atomic E-state index is 0. The molecule has 0 unspecified atom stereocenters. The molecule has 2 rings (SSSR count). The maximum Gasteiger partial charge on any atom is 1.00 e. The van der Waals surface area contributed by atoms with Gasteiger partial charge < -0.3 is 45.2 Å². The van der Waals surface area contributed by atoms with Crippen molar-refractivity contribution in [2.75, 3.05) is 33.0 Å². The van der Waals surface area contributed by atoms with Gasteiger partial charge in [-0.2, -0.15) is 8.42 Å². The van der Waals surface area contributed by atoms with Crippen LogP contribution in [0.2, 0.25) is 0 Å². The smallest absolute Gasteiger partial charge is 0.870 e. The normalized spacial score (nSPS) is 8.61. The van der Waals surface area contributed by atoms with Crippen molar-refractivity contribution >= 4 is 87.6 Å². The van der Waals surface area contributed by atoms with E-state index >= 15 is 0 Å². The van der Waals surface area contributed by atoms with E-state index in [9.17, 15) is 9.59 Å². The summed E-state index contributed by atoms with van der Waals surface area (Å²) < 4.78 is 51.8. The minimum Gasteiger partial charge on any atom is -0.870 e. The number of rotatable bonds is 9. The van der Waals surface area contributed by atoms with Crippen LogP contribution in [-0.4, -0.2) is 98.8 Å². The van der Waals surface area contributed by atoms with Crippen LogP contribution in [0.25, 0.3) is 0 Å². The third kappa shape index (κ3) is 88.8. The third-order valence-corrected chi connectivity index (χ3v) is 4.99. The molecule has 1 aromatic carbocycles. The number of hydrogen-bond donors (Lipinski definition) is 5. The van der Waals surface area contributed by atoms with Gasteiger partial charge in [0.1, 0.15) is 0 Å². The topological polar surface area (TPSA) is 304 Å². The number of carboxylic acid groups (broad SMARTS) is 2. The number of aromatic nitrogens is 1. The zero-order valence-corrected chi connectivity index (χ0v) is 37.2. The molecule has 0 amide bonds. The number of hydrogen-bond acceptors (Lipinski definition) is 12. The van der Waals surface area contributed by atoms with Gasteiger partial charge in [-0.25, -0.2) is 4.79 Å². The van der Waals surface area contributed by atoms with E-state index in [-0.39, 0.29) is 87.8 Å². The maximum absolute atomic E-state index is 10.3. The number of aliphatic carboxylic acids is 1. The molecule has 0 saturated carbocycles. The largest absolute Gasteiger partial charge is 1.00 e. The van der Waals surface area contributed by atoms with Crippen LogP contribution in [0, 0.1) is 6.92 Å². The molecule has 51 heavy (non-hydrogen) atoms. The summed E-state index contributed by atoms with van der Waals surface area (Å²) in [7, 11) is -5.73. The van der Waals surface area contributed by atoms with Crippen molar-refractivity contribution in [1.82, 2.24) is 4.98 Å². The molecule has 17 nitrogen and oxygen atoms in total. The Labute approximate surface area is 368 Å². The van der Waals surface area contributed by atoms with Crippen LogP contribution in [0.1, 0.15) is 58.1 Å². The number of halogens is 4.